The minimum atomic E-state index is -0.905. The van der Waals surface area contributed by atoms with Crippen molar-refractivity contribution >= 4 is 29.3 Å². The van der Waals surface area contributed by atoms with Gasteiger partial charge in [-0.2, -0.15) is 0 Å². The Bertz CT molecular complexity index is 681. The molecule has 2 N–H and O–H groups in total. The van der Waals surface area contributed by atoms with E-state index in [1.54, 1.807) is 0 Å². The number of amides is 2. The molecule has 0 radical (unpaired) electrons. The number of piperidine rings is 1. The summed E-state index contributed by atoms with van der Waals surface area (Å²) >= 11 is 5.88. The predicted molar refractivity (Wildman–Crippen MR) is 84.3 cm³/mol. The Labute approximate surface area is 142 Å². The minimum Gasteiger partial charge on any atom is -0.495 e. The summed E-state index contributed by atoms with van der Waals surface area (Å²) in [7, 11) is 1.30. The molecule has 1 heterocycles. The maximum absolute atomic E-state index is 12.6. The first-order valence-electron chi connectivity index (χ1n) is 7.10. The van der Waals surface area contributed by atoms with Gasteiger partial charge in [0, 0.05) is 12.6 Å². The molecule has 1 aliphatic rings. The molecule has 0 aromatic heterocycles. The summed E-state index contributed by atoms with van der Waals surface area (Å²) in [5, 5.41) is 10.9. The molecule has 1 aromatic carbocycles. The molecular formula is C14H16ClN3O6. The van der Waals surface area contributed by atoms with Crippen LogP contribution in [0.4, 0.5) is 10.5 Å². The van der Waals surface area contributed by atoms with Gasteiger partial charge in [0.1, 0.15) is 11.9 Å². The highest BCUT2D eigenvalue weighted by atomic mass is 35.5. The number of carbonyl (C=O) groups excluding carboxylic acids is 2. The Morgan fingerprint density at radius 2 is 2.17 bits per heavy atom. The number of nitro groups is 1. The number of halogens is 1. The quantitative estimate of drug-likeness (QED) is 0.648. The van der Waals surface area contributed by atoms with Crippen molar-refractivity contribution in [2.45, 2.75) is 18.9 Å². The van der Waals surface area contributed by atoms with Crippen molar-refractivity contribution in [3.8, 4) is 5.75 Å². The molecule has 1 atom stereocenters. The van der Waals surface area contributed by atoms with Crippen LogP contribution in [-0.4, -0.2) is 48.1 Å². The van der Waals surface area contributed by atoms with Gasteiger partial charge in [-0.05, 0) is 18.9 Å². The van der Waals surface area contributed by atoms with Gasteiger partial charge in [-0.15, -0.1) is 0 Å². The number of nitrogens with two attached hydrogens (primary N) is 1. The Balaban J connectivity index is 2.27. The number of nitrogens with zero attached hydrogens (tertiary/aromatic N) is 2. The summed E-state index contributed by atoms with van der Waals surface area (Å²) in [6, 6.07) is 2.45. The Kier molecular flexibility index (Phi) is 5.45. The number of rotatable bonds is 4. The first-order valence-corrected chi connectivity index (χ1v) is 7.48. The van der Waals surface area contributed by atoms with Crippen molar-refractivity contribution < 1.29 is 24.0 Å². The number of likely N-dealkylation sites (tertiary alicyclic amines) is 1. The van der Waals surface area contributed by atoms with Gasteiger partial charge >= 0.3 is 6.09 Å². The fourth-order valence-corrected chi connectivity index (χ4v) is 2.81. The SMILES string of the molecule is COc1cc(C(=O)N2CCC[C@@H](OC(N)=O)C2)cc([N+](=O)[O-])c1Cl. The average molecular weight is 358 g/mol. The summed E-state index contributed by atoms with van der Waals surface area (Å²) in [6.07, 6.45) is -0.185. The molecule has 2 amide bonds. The third-order valence-corrected chi connectivity index (χ3v) is 4.01. The monoisotopic (exact) mass is 357 g/mol. The van der Waals surface area contributed by atoms with E-state index in [1.807, 2.05) is 0 Å². The molecule has 24 heavy (non-hydrogen) atoms. The van der Waals surface area contributed by atoms with E-state index in [2.05, 4.69) is 0 Å². The van der Waals surface area contributed by atoms with Gasteiger partial charge in [-0.3, -0.25) is 14.9 Å². The summed E-state index contributed by atoms with van der Waals surface area (Å²) in [6.45, 7) is 0.608. The molecule has 0 aliphatic carbocycles. The van der Waals surface area contributed by atoms with Crippen LogP contribution in [0.25, 0.3) is 0 Å². The molecular weight excluding hydrogens is 342 g/mol. The van der Waals surface area contributed by atoms with Crippen LogP contribution in [-0.2, 0) is 4.74 Å². The predicted octanol–water partition coefficient (Wildman–Crippen LogP) is 1.96. The molecule has 130 valence electrons. The standard InChI is InChI=1S/C14H16ClN3O6/c1-23-11-6-8(5-10(12(11)15)18(21)22)13(19)17-4-2-3-9(7-17)24-14(16)20/h5-6,9H,2-4,7H2,1H3,(H2,16,20)/t9-/m1/s1. The lowest BCUT2D eigenvalue weighted by atomic mass is 10.1. The first kappa shape index (κ1) is 17.8. The number of methoxy groups -OCH3 is 1. The van der Waals surface area contributed by atoms with Crippen LogP contribution in [0.2, 0.25) is 5.02 Å². The number of ether oxygens (including phenoxy) is 2. The Morgan fingerprint density at radius 3 is 2.75 bits per heavy atom. The second-order valence-electron chi connectivity index (χ2n) is 5.22. The zero-order valence-electron chi connectivity index (χ0n) is 12.9. The van der Waals surface area contributed by atoms with E-state index in [4.69, 9.17) is 26.8 Å². The largest absolute Gasteiger partial charge is 0.495 e. The smallest absolute Gasteiger partial charge is 0.404 e. The number of benzene rings is 1. The van der Waals surface area contributed by atoms with Crippen LogP contribution < -0.4 is 10.5 Å². The third kappa shape index (κ3) is 3.85. The fourth-order valence-electron chi connectivity index (χ4n) is 2.55. The number of hydrogen-bond donors (Lipinski definition) is 1. The molecule has 1 fully saturated rings. The van der Waals surface area contributed by atoms with Gasteiger partial charge in [0.25, 0.3) is 11.6 Å². The van der Waals surface area contributed by atoms with E-state index in [0.717, 1.165) is 6.07 Å². The molecule has 1 aromatic rings. The van der Waals surface area contributed by atoms with Gasteiger partial charge in [-0.25, -0.2) is 4.79 Å². The highest BCUT2D eigenvalue weighted by Gasteiger charge is 2.29. The van der Waals surface area contributed by atoms with Crippen molar-refractivity contribution in [3.05, 3.63) is 32.8 Å². The molecule has 1 aliphatic heterocycles. The molecule has 1 saturated heterocycles. The van der Waals surface area contributed by atoms with Gasteiger partial charge in [-0.1, -0.05) is 11.6 Å². The number of carbonyl (C=O) groups is 2. The van der Waals surface area contributed by atoms with E-state index >= 15 is 0 Å². The van der Waals surface area contributed by atoms with E-state index in [9.17, 15) is 19.7 Å². The second kappa shape index (κ2) is 7.35. The molecule has 0 spiro atoms. The van der Waals surface area contributed by atoms with E-state index in [-0.39, 0.29) is 22.9 Å². The lowest BCUT2D eigenvalue weighted by Gasteiger charge is -2.32. The van der Waals surface area contributed by atoms with Gasteiger partial charge in [0.05, 0.1) is 24.1 Å². The lowest BCUT2D eigenvalue weighted by Crippen LogP contribution is -2.44. The van der Waals surface area contributed by atoms with E-state index < -0.39 is 28.7 Å². The van der Waals surface area contributed by atoms with Crippen molar-refractivity contribution in [3.63, 3.8) is 0 Å². The maximum Gasteiger partial charge on any atom is 0.404 e. The first-order chi connectivity index (χ1) is 11.3. The van der Waals surface area contributed by atoms with Crippen molar-refractivity contribution in [1.29, 1.82) is 0 Å². The van der Waals surface area contributed by atoms with Crippen molar-refractivity contribution in [2.75, 3.05) is 20.2 Å². The zero-order valence-corrected chi connectivity index (χ0v) is 13.6. The molecule has 0 bridgehead atoms. The average Bonchev–Trinajstić information content (AvgIpc) is 2.53. The second-order valence-corrected chi connectivity index (χ2v) is 5.60. The summed E-state index contributed by atoms with van der Waals surface area (Å²) in [5.74, 6) is -0.401. The zero-order chi connectivity index (χ0) is 17.9. The topological polar surface area (TPSA) is 125 Å². The fraction of sp³-hybridized carbons (Fsp3) is 0.429. The van der Waals surface area contributed by atoms with Gasteiger partial charge in [0.2, 0.25) is 0 Å². The Morgan fingerprint density at radius 1 is 1.46 bits per heavy atom. The van der Waals surface area contributed by atoms with Crippen LogP contribution in [0.1, 0.15) is 23.2 Å². The molecule has 0 unspecified atom stereocenters. The van der Waals surface area contributed by atoms with Gasteiger partial charge in [0.15, 0.2) is 5.02 Å². The molecule has 0 saturated carbocycles. The van der Waals surface area contributed by atoms with Crippen molar-refractivity contribution in [1.82, 2.24) is 4.90 Å². The summed E-state index contributed by atoms with van der Waals surface area (Å²) in [5.41, 5.74) is 4.65. The summed E-state index contributed by atoms with van der Waals surface area (Å²) < 4.78 is 9.92. The lowest BCUT2D eigenvalue weighted by molar-refractivity contribution is -0.384. The van der Waals surface area contributed by atoms with Gasteiger partial charge < -0.3 is 20.1 Å². The van der Waals surface area contributed by atoms with Crippen LogP contribution >= 0.6 is 11.6 Å². The van der Waals surface area contributed by atoms with Crippen LogP contribution in [0.3, 0.4) is 0 Å². The minimum absolute atomic E-state index is 0.0381. The third-order valence-electron chi connectivity index (χ3n) is 3.63. The van der Waals surface area contributed by atoms with Crippen LogP contribution in [0.5, 0.6) is 5.75 Å². The van der Waals surface area contributed by atoms with Crippen LogP contribution in [0.15, 0.2) is 12.1 Å². The normalized spacial score (nSPS) is 17.2. The molecule has 10 heteroatoms. The Hall–Kier alpha value is -2.55. The van der Waals surface area contributed by atoms with Crippen molar-refractivity contribution in [2.24, 2.45) is 5.73 Å². The van der Waals surface area contributed by atoms with E-state index in [1.165, 1.54) is 18.1 Å². The number of hydrogen-bond acceptors (Lipinski definition) is 6. The van der Waals surface area contributed by atoms with Crippen LogP contribution in [0, 0.1) is 10.1 Å². The maximum atomic E-state index is 12.6. The molecule has 2 rings (SSSR count). The number of primary amides is 1. The summed E-state index contributed by atoms with van der Waals surface area (Å²) in [4.78, 5) is 35.3. The van der Waals surface area contributed by atoms with E-state index in [0.29, 0.717) is 19.4 Å². The highest BCUT2D eigenvalue weighted by molar-refractivity contribution is 6.34. The highest BCUT2D eigenvalue weighted by Crippen LogP contribution is 2.35. The molecule has 9 nitrogen and oxygen atoms in total. The number of nitro benzene ring substituents is 1.